The Morgan fingerprint density at radius 1 is 0.793 bits per heavy atom. The van der Waals surface area contributed by atoms with Crippen LogP contribution in [0.2, 0.25) is 0 Å². The highest BCUT2D eigenvalue weighted by Gasteiger charge is 2.52. The van der Waals surface area contributed by atoms with Gasteiger partial charge in [0.25, 0.3) is 0 Å². The van der Waals surface area contributed by atoms with Crippen LogP contribution in [0.15, 0.2) is 59.0 Å². The third-order valence-electron chi connectivity index (χ3n) is 6.53. The Labute approximate surface area is 173 Å². The molecule has 2 aromatic heterocycles. The van der Waals surface area contributed by atoms with E-state index in [0.29, 0.717) is 0 Å². The lowest BCUT2D eigenvalue weighted by Gasteiger charge is -2.32. The Kier molecular flexibility index (Phi) is 3.40. The van der Waals surface area contributed by atoms with Crippen LogP contribution >= 0.6 is 11.3 Å². The molecule has 5 heteroatoms. The second kappa shape index (κ2) is 5.63. The number of para-hydroxylation sites is 1. The van der Waals surface area contributed by atoms with Crippen LogP contribution in [0.1, 0.15) is 27.7 Å². The summed E-state index contributed by atoms with van der Waals surface area (Å²) in [6.45, 7) is 8.34. The molecular formula is C24H21BO3S. The molecule has 0 atom stereocenters. The van der Waals surface area contributed by atoms with E-state index in [1.165, 1.54) is 20.2 Å². The highest BCUT2D eigenvalue weighted by Crippen LogP contribution is 2.43. The molecular weight excluding hydrogens is 379 g/mol. The van der Waals surface area contributed by atoms with E-state index in [0.717, 1.165) is 27.4 Å². The van der Waals surface area contributed by atoms with Gasteiger partial charge in [-0.1, -0.05) is 36.4 Å². The summed E-state index contributed by atoms with van der Waals surface area (Å²) in [5, 5.41) is 4.79. The first-order chi connectivity index (χ1) is 13.9. The topological polar surface area (TPSA) is 31.6 Å². The van der Waals surface area contributed by atoms with Crippen LogP contribution < -0.4 is 5.46 Å². The van der Waals surface area contributed by atoms with Crippen molar-refractivity contribution in [3.05, 3.63) is 54.6 Å². The van der Waals surface area contributed by atoms with Gasteiger partial charge >= 0.3 is 7.12 Å². The first kappa shape index (κ1) is 17.5. The molecule has 29 heavy (non-hydrogen) atoms. The van der Waals surface area contributed by atoms with E-state index < -0.39 is 18.3 Å². The molecule has 1 fully saturated rings. The van der Waals surface area contributed by atoms with Gasteiger partial charge in [0.2, 0.25) is 0 Å². The van der Waals surface area contributed by atoms with E-state index in [2.05, 4.69) is 70.2 Å². The summed E-state index contributed by atoms with van der Waals surface area (Å²) in [6.07, 6.45) is 0. The van der Waals surface area contributed by atoms with E-state index in [4.69, 9.17) is 13.7 Å². The van der Waals surface area contributed by atoms with Crippen molar-refractivity contribution in [1.82, 2.24) is 0 Å². The van der Waals surface area contributed by atoms with Gasteiger partial charge in [0.05, 0.1) is 11.2 Å². The molecule has 144 valence electrons. The summed E-state index contributed by atoms with van der Waals surface area (Å²) < 4.78 is 21.7. The lowest BCUT2D eigenvalue weighted by atomic mass is 9.77. The highest BCUT2D eigenvalue weighted by atomic mass is 32.1. The van der Waals surface area contributed by atoms with E-state index in [9.17, 15) is 0 Å². The third kappa shape index (κ3) is 2.32. The Bertz CT molecular complexity index is 1410. The maximum Gasteiger partial charge on any atom is 0.498 e. The number of fused-ring (bicyclic) bond motifs is 7. The molecule has 3 heterocycles. The van der Waals surface area contributed by atoms with Crippen molar-refractivity contribution in [1.29, 1.82) is 0 Å². The van der Waals surface area contributed by atoms with Crippen molar-refractivity contribution in [2.24, 2.45) is 0 Å². The van der Waals surface area contributed by atoms with Gasteiger partial charge in [-0.25, -0.2) is 0 Å². The monoisotopic (exact) mass is 400 g/mol. The minimum Gasteiger partial charge on any atom is -0.456 e. The third-order valence-corrected chi connectivity index (χ3v) is 7.73. The Morgan fingerprint density at radius 2 is 1.45 bits per heavy atom. The molecule has 0 N–H and O–H groups in total. The molecule has 0 spiro atoms. The highest BCUT2D eigenvalue weighted by molar-refractivity contribution is 7.26. The number of benzene rings is 3. The number of rotatable bonds is 1. The molecule has 1 aliphatic heterocycles. The zero-order valence-electron chi connectivity index (χ0n) is 16.9. The van der Waals surface area contributed by atoms with Gasteiger partial charge in [-0.2, -0.15) is 0 Å². The van der Waals surface area contributed by atoms with Crippen LogP contribution in [0.5, 0.6) is 0 Å². The molecule has 0 bridgehead atoms. The zero-order chi connectivity index (χ0) is 20.0. The number of furan rings is 1. The van der Waals surface area contributed by atoms with Crippen molar-refractivity contribution < 1.29 is 13.7 Å². The van der Waals surface area contributed by atoms with Crippen LogP contribution in [0, 0.1) is 0 Å². The van der Waals surface area contributed by atoms with Gasteiger partial charge in [-0.15, -0.1) is 11.3 Å². The minimum atomic E-state index is -0.467. The van der Waals surface area contributed by atoms with Crippen LogP contribution in [0.3, 0.4) is 0 Å². The van der Waals surface area contributed by atoms with E-state index >= 15 is 0 Å². The molecule has 1 saturated heterocycles. The van der Waals surface area contributed by atoms with Crippen LogP contribution in [0.4, 0.5) is 0 Å². The second-order valence-electron chi connectivity index (χ2n) is 8.83. The van der Waals surface area contributed by atoms with Crippen molar-refractivity contribution in [3.63, 3.8) is 0 Å². The van der Waals surface area contributed by atoms with Gasteiger partial charge in [-0.05, 0) is 45.9 Å². The molecule has 0 amide bonds. The average Bonchev–Trinajstić information content (AvgIpc) is 3.30. The quantitative estimate of drug-likeness (QED) is 0.312. The summed E-state index contributed by atoms with van der Waals surface area (Å²) in [5.74, 6) is 0. The van der Waals surface area contributed by atoms with Crippen molar-refractivity contribution >= 4 is 66.0 Å². The Morgan fingerprint density at radius 3 is 2.21 bits per heavy atom. The molecule has 0 unspecified atom stereocenters. The summed E-state index contributed by atoms with van der Waals surface area (Å²) >= 11 is 1.82. The fraction of sp³-hybridized carbons (Fsp3) is 0.250. The average molecular weight is 400 g/mol. The van der Waals surface area contributed by atoms with Crippen LogP contribution in [-0.4, -0.2) is 18.3 Å². The van der Waals surface area contributed by atoms with E-state index in [1.54, 1.807) is 0 Å². The molecule has 0 radical (unpaired) electrons. The minimum absolute atomic E-state index is 0.401. The zero-order valence-corrected chi connectivity index (χ0v) is 17.7. The molecule has 0 saturated carbocycles. The maximum atomic E-state index is 6.41. The summed E-state index contributed by atoms with van der Waals surface area (Å²) in [4.78, 5) is 0. The SMILES string of the molecule is CC1(C)OB(c2cc3c4ccccc4sc3c3c2oc2ccccc23)OC1(C)C. The fourth-order valence-electron chi connectivity index (χ4n) is 4.23. The summed E-state index contributed by atoms with van der Waals surface area (Å²) in [7, 11) is -0.467. The van der Waals surface area contributed by atoms with Gasteiger partial charge in [0, 0.05) is 36.4 Å². The molecule has 3 nitrogen and oxygen atoms in total. The number of thiophene rings is 1. The largest absolute Gasteiger partial charge is 0.498 e. The number of hydrogen-bond acceptors (Lipinski definition) is 4. The van der Waals surface area contributed by atoms with Gasteiger partial charge in [0.15, 0.2) is 0 Å². The second-order valence-corrected chi connectivity index (χ2v) is 9.88. The molecule has 1 aliphatic rings. The van der Waals surface area contributed by atoms with Crippen LogP contribution in [-0.2, 0) is 9.31 Å². The van der Waals surface area contributed by atoms with Gasteiger partial charge in [0.1, 0.15) is 11.2 Å². The first-order valence-electron chi connectivity index (χ1n) is 9.97. The fourth-order valence-corrected chi connectivity index (χ4v) is 5.47. The Hall–Kier alpha value is -2.34. The van der Waals surface area contributed by atoms with Crippen molar-refractivity contribution in [3.8, 4) is 0 Å². The standard InChI is InChI=1S/C24H21BO3S/c1-23(2)24(3,4)28-25(27-23)17-13-16-14-9-6-8-12-19(14)29-22(16)20-15-10-5-7-11-18(15)26-21(17)20/h5-13H,1-4H3. The smallest absolute Gasteiger partial charge is 0.456 e. The van der Waals surface area contributed by atoms with Gasteiger partial charge < -0.3 is 13.7 Å². The van der Waals surface area contributed by atoms with Crippen LogP contribution in [0.25, 0.3) is 42.1 Å². The lowest BCUT2D eigenvalue weighted by Crippen LogP contribution is -2.41. The predicted molar refractivity (Wildman–Crippen MR) is 122 cm³/mol. The van der Waals surface area contributed by atoms with Gasteiger partial charge in [-0.3, -0.25) is 0 Å². The van der Waals surface area contributed by atoms with E-state index in [1.807, 2.05) is 23.5 Å². The Balaban J connectivity index is 1.75. The molecule has 0 aliphatic carbocycles. The normalized spacial score (nSPS) is 18.6. The predicted octanol–water partition coefficient (Wildman–Crippen LogP) is 6.25. The summed E-state index contributed by atoms with van der Waals surface area (Å²) in [5.41, 5.74) is 1.92. The maximum absolute atomic E-state index is 6.41. The van der Waals surface area contributed by atoms with Crippen molar-refractivity contribution in [2.75, 3.05) is 0 Å². The first-order valence-corrected chi connectivity index (χ1v) is 10.8. The molecule has 6 rings (SSSR count). The summed E-state index contributed by atoms with van der Waals surface area (Å²) in [6, 6.07) is 19.0. The molecule has 5 aromatic rings. The van der Waals surface area contributed by atoms with E-state index in [-0.39, 0.29) is 0 Å². The van der Waals surface area contributed by atoms with Crippen molar-refractivity contribution in [2.45, 2.75) is 38.9 Å². The lowest BCUT2D eigenvalue weighted by molar-refractivity contribution is 0.00578. The molecule has 3 aromatic carbocycles. The number of hydrogen-bond donors (Lipinski definition) is 0.